The van der Waals surface area contributed by atoms with Crippen molar-refractivity contribution in [1.82, 2.24) is 15.1 Å². The van der Waals surface area contributed by atoms with Crippen LogP contribution in [0, 0.1) is 0 Å². The third-order valence-electron chi connectivity index (χ3n) is 5.05. The van der Waals surface area contributed by atoms with Gasteiger partial charge in [-0.25, -0.2) is 4.79 Å². The molecular weight excluding hydrogens is 358 g/mol. The van der Waals surface area contributed by atoms with Crippen LogP contribution in [0.2, 0.25) is 5.02 Å². The van der Waals surface area contributed by atoms with Gasteiger partial charge in [0.25, 0.3) is 0 Å². The highest BCUT2D eigenvalue weighted by molar-refractivity contribution is 6.30. The number of hydrogen-bond acceptors (Lipinski definition) is 2. The Labute approximate surface area is 167 Å². The number of hydrogen-bond donors (Lipinski definition) is 1. The van der Waals surface area contributed by atoms with Crippen molar-refractivity contribution in [2.45, 2.75) is 38.9 Å². The molecule has 1 aliphatic rings. The van der Waals surface area contributed by atoms with Crippen LogP contribution in [-0.4, -0.2) is 36.0 Å². The van der Waals surface area contributed by atoms with E-state index in [0.29, 0.717) is 18.1 Å². The molecule has 0 unspecified atom stereocenters. The Bertz CT molecular complexity index is 759. The molecule has 2 aromatic rings. The first-order chi connectivity index (χ1) is 13.1. The first-order valence-corrected chi connectivity index (χ1v) is 10.0. The molecule has 0 aromatic heterocycles. The molecule has 2 aromatic carbocycles. The summed E-state index contributed by atoms with van der Waals surface area (Å²) < 4.78 is 0. The maximum Gasteiger partial charge on any atom is 0.317 e. The molecule has 4 nitrogen and oxygen atoms in total. The molecule has 1 fully saturated rings. The Morgan fingerprint density at radius 3 is 2.56 bits per heavy atom. The number of amides is 2. The topological polar surface area (TPSA) is 35.6 Å². The van der Waals surface area contributed by atoms with Crippen LogP contribution in [0.25, 0.3) is 0 Å². The summed E-state index contributed by atoms with van der Waals surface area (Å²) in [5.74, 6) is 0. The van der Waals surface area contributed by atoms with Gasteiger partial charge in [-0.1, -0.05) is 54.4 Å². The van der Waals surface area contributed by atoms with E-state index < -0.39 is 0 Å². The zero-order valence-corrected chi connectivity index (χ0v) is 16.7. The molecule has 0 saturated carbocycles. The lowest BCUT2D eigenvalue weighted by atomic mass is 10.0. The summed E-state index contributed by atoms with van der Waals surface area (Å²) in [7, 11) is 1.80. The minimum Gasteiger partial charge on any atom is -0.334 e. The zero-order chi connectivity index (χ0) is 19.1. The van der Waals surface area contributed by atoms with Gasteiger partial charge in [-0.3, -0.25) is 4.90 Å². The van der Waals surface area contributed by atoms with Crippen LogP contribution >= 0.6 is 11.6 Å². The second-order valence-corrected chi connectivity index (χ2v) is 7.69. The van der Waals surface area contributed by atoms with E-state index in [1.807, 2.05) is 30.3 Å². The number of carbonyl (C=O) groups excluding carboxylic acids is 1. The number of nitrogens with zero attached hydrogens (tertiary/aromatic N) is 2. The minimum atomic E-state index is -0.0808. The molecule has 0 bridgehead atoms. The van der Waals surface area contributed by atoms with Crippen LogP contribution in [0.3, 0.4) is 0 Å². The fourth-order valence-electron chi connectivity index (χ4n) is 3.53. The van der Waals surface area contributed by atoms with Crippen LogP contribution in [0.15, 0.2) is 48.5 Å². The molecule has 144 valence electrons. The van der Waals surface area contributed by atoms with Crippen LogP contribution in [-0.2, 0) is 19.6 Å². The number of urea groups is 1. The highest BCUT2D eigenvalue weighted by atomic mass is 35.5. The van der Waals surface area contributed by atoms with Crippen molar-refractivity contribution in [2.75, 3.05) is 20.1 Å². The van der Waals surface area contributed by atoms with Crippen molar-refractivity contribution in [3.63, 3.8) is 0 Å². The van der Waals surface area contributed by atoms with Gasteiger partial charge in [0.05, 0.1) is 0 Å². The van der Waals surface area contributed by atoms with Crippen molar-refractivity contribution in [3.05, 3.63) is 70.2 Å². The molecular formula is C22H28ClN3O. The summed E-state index contributed by atoms with van der Waals surface area (Å²) in [4.78, 5) is 16.7. The van der Waals surface area contributed by atoms with E-state index >= 15 is 0 Å². The largest absolute Gasteiger partial charge is 0.334 e. The number of carbonyl (C=O) groups is 1. The summed E-state index contributed by atoms with van der Waals surface area (Å²) in [6, 6.07) is 15.9. The Hall–Kier alpha value is -2.04. The predicted molar refractivity (Wildman–Crippen MR) is 111 cm³/mol. The van der Waals surface area contributed by atoms with Crippen molar-refractivity contribution in [1.29, 1.82) is 0 Å². The number of nitrogens with one attached hydrogen (secondary N) is 1. The zero-order valence-electron chi connectivity index (χ0n) is 16.0. The van der Waals surface area contributed by atoms with Gasteiger partial charge in [0.2, 0.25) is 0 Å². The van der Waals surface area contributed by atoms with Gasteiger partial charge in [-0.2, -0.15) is 0 Å². The van der Waals surface area contributed by atoms with Crippen LogP contribution in [0.4, 0.5) is 4.79 Å². The van der Waals surface area contributed by atoms with E-state index in [4.69, 9.17) is 11.6 Å². The molecule has 2 amide bonds. The van der Waals surface area contributed by atoms with Gasteiger partial charge in [0.15, 0.2) is 0 Å². The average molecular weight is 386 g/mol. The maximum absolute atomic E-state index is 12.5. The second-order valence-electron chi connectivity index (χ2n) is 7.25. The quantitative estimate of drug-likeness (QED) is 0.784. The highest BCUT2D eigenvalue weighted by Gasteiger charge is 2.14. The number of benzene rings is 2. The Morgan fingerprint density at radius 1 is 1.07 bits per heavy atom. The van der Waals surface area contributed by atoms with Gasteiger partial charge in [0, 0.05) is 31.7 Å². The third-order valence-corrected chi connectivity index (χ3v) is 5.28. The van der Waals surface area contributed by atoms with Crippen molar-refractivity contribution < 1.29 is 4.79 Å². The van der Waals surface area contributed by atoms with Crippen LogP contribution in [0.5, 0.6) is 0 Å². The van der Waals surface area contributed by atoms with Gasteiger partial charge in [-0.15, -0.1) is 0 Å². The standard InChI is InChI=1S/C22H28ClN3O/c1-25(16-18-8-7-11-21(23)14-18)22(27)24-15-19-9-3-4-10-20(19)17-26-12-5-2-6-13-26/h3-4,7-11,14H,2,5-6,12-13,15-17H2,1H3,(H,24,27). The fraction of sp³-hybridized carbons (Fsp3) is 0.409. The first kappa shape index (κ1) is 19.7. The number of piperidine rings is 1. The summed E-state index contributed by atoms with van der Waals surface area (Å²) >= 11 is 6.02. The molecule has 0 radical (unpaired) electrons. The van der Waals surface area contributed by atoms with Crippen molar-refractivity contribution >= 4 is 17.6 Å². The lowest BCUT2D eigenvalue weighted by Gasteiger charge is -2.27. The Balaban J connectivity index is 1.55. The average Bonchev–Trinajstić information content (AvgIpc) is 2.68. The molecule has 3 rings (SSSR count). The lowest BCUT2D eigenvalue weighted by molar-refractivity contribution is 0.206. The molecule has 0 spiro atoms. The molecule has 0 aliphatic carbocycles. The number of rotatable bonds is 6. The minimum absolute atomic E-state index is 0.0808. The van der Waals surface area contributed by atoms with Gasteiger partial charge < -0.3 is 10.2 Å². The van der Waals surface area contributed by atoms with E-state index in [2.05, 4.69) is 28.4 Å². The number of halogens is 1. The lowest BCUT2D eigenvalue weighted by Crippen LogP contribution is -2.36. The van der Waals surface area contributed by atoms with Crippen molar-refractivity contribution in [3.8, 4) is 0 Å². The van der Waals surface area contributed by atoms with Gasteiger partial charge in [-0.05, 0) is 54.8 Å². The van der Waals surface area contributed by atoms with Crippen LogP contribution < -0.4 is 5.32 Å². The normalized spacial score (nSPS) is 14.7. The fourth-order valence-corrected chi connectivity index (χ4v) is 3.74. The Morgan fingerprint density at radius 2 is 1.81 bits per heavy atom. The summed E-state index contributed by atoms with van der Waals surface area (Å²) in [5.41, 5.74) is 3.51. The van der Waals surface area contributed by atoms with Gasteiger partial charge >= 0.3 is 6.03 Å². The van der Waals surface area contributed by atoms with E-state index in [0.717, 1.165) is 12.1 Å². The summed E-state index contributed by atoms with van der Waals surface area (Å²) in [6.07, 6.45) is 3.91. The van der Waals surface area contributed by atoms with E-state index in [-0.39, 0.29) is 6.03 Å². The molecule has 27 heavy (non-hydrogen) atoms. The monoisotopic (exact) mass is 385 g/mol. The van der Waals surface area contributed by atoms with Gasteiger partial charge in [0.1, 0.15) is 0 Å². The Kier molecular flexibility index (Phi) is 7.13. The molecule has 1 heterocycles. The molecule has 1 aliphatic heterocycles. The summed E-state index contributed by atoms with van der Waals surface area (Å²) in [6.45, 7) is 4.38. The second kappa shape index (κ2) is 9.77. The molecule has 1 N–H and O–H groups in total. The highest BCUT2D eigenvalue weighted by Crippen LogP contribution is 2.16. The number of likely N-dealkylation sites (tertiary alicyclic amines) is 1. The van der Waals surface area contributed by atoms with Crippen molar-refractivity contribution in [2.24, 2.45) is 0 Å². The molecule has 1 saturated heterocycles. The first-order valence-electron chi connectivity index (χ1n) is 9.64. The SMILES string of the molecule is CN(Cc1cccc(Cl)c1)C(=O)NCc1ccccc1CN1CCCCC1. The summed E-state index contributed by atoms with van der Waals surface area (Å²) in [5, 5.41) is 3.73. The smallest absolute Gasteiger partial charge is 0.317 e. The van der Waals surface area contributed by atoms with E-state index in [9.17, 15) is 4.79 Å². The maximum atomic E-state index is 12.5. The molecule has 0 atom stereocenters. The third kappa shape index (κ3) is 5.98. The van der Waals surface area contributed by atoms with E-state index in [1.165, 1.54) is 43.5 Å². The predicted octanol–water partition coefficient (Wildman–Crippen LogP) is 4.67. The molecule has 5 heteroatoms. The van der Waals surface area contributed by atoms with Crippen LogP contribution in [0.1, 0.15) is 36.0 Å². The van der Waals surface area contributed by atoms with E-state index in [1.54, 1.807) is 11.9 Å².